The van der Waals surface area contributed by atoms with Gasteiger partial charge in [0.25, 0.3) is 0 Å². The maximum absolute atomic E-state index is 8.67. The van der Waals surface area contributed by atoms with Gasteiger partial charge < -0.3 is 15.2 Å². The van der Waals surface area contributed by atoms with Gasteiger partial charge in [0.15, 0.2) is 0 Å². The van der Waals surface area contributed by atoms with Crippen molar-refractivity contribution in [2.24, 2.45) is 0 Å². The van der Waals surface area contributed by atoms with E-state index in [1.165, 1.54) is 0 Å². The molecule has 0 aromatic heterocycles. The van der Waals surface area contributed by atoms with Crippen molar-refractivity contribution in [3.8, 4) is 5.75 Å². The number of halogens is 1. The maximum atomic E-state index is 8.67. The van der Waals surface area contributed by atoms with Crippen molar-refractivity contribution in [1.29, 1.82) is 0 Å². The molecule has 0 aliphatic carbocycles. The molecule has 90 valence electrons. The molecule has 0 saturated carbocycles. The molecule has 0 atom stereocenters. The molecule has 0 aliphatic heterocycles. The first-order chi connectivity index (χ1) is 7.69. The van der Waals surface area contributed by atoms with Crippen molar-refractivity contribution < 1.29 is 9.84 Å². The summed E-state index contributed by atoms with van der Waals surface area (Å²) in [6, 6.07) is 3.78. The molecule has 3 nitrogen and oxygen atoms in total. The third-order valence-electron chi connectivity index (χ3n) is 2.40. The largest absolute Gasteiger partial charge is 0.495 e. The molecule has 0 heterocycles. The Bertz CT molecular complexity index is 342. The first-order valence-corrected chi connectivity index (χ1v) is 5.75. The molecule has 1 aromatic carbocycles. The average Bonchev–Trinajstić information content (AvgIpc) is 2.28. The van der Waals surface area contributed by atoms with Gasteiger partial charge >= 0.3 is 0 Å². The van der Waals surface area contributed by atoms with Gasteiger partial charge in [-0.15, -0.1) is 0 Å². The lowest BCUT2D eigenvalue weighted by Gasteiger charge is -2.12. The van der Waals surface area contributed by atoms with E-state index in [1.807, 2.05) is 19.1 Å². The minimum atomic E-state index is 0.240. The van der Waals surface area contributed by atoms with Crippen LogP contribution >= 0.6 is 11.6 Å². The number of benzene rings is 1. The number of methoxy groups -OCH3 is 1. The van der Waals surface area contributed by atoms with E-state index in [9.17, 15) is 0 Å². The van der Waals surface area contributed by atoms with Crippen molar-refractivity contribution >= 4 is 17.3 Å². The van der Waals surface area contributed by atoms with E-state index in [4.69, 9.17) is 21.4 Å². The number of aryl methyl sites for hydroxylation is 1. The summed E-state index contributed by atoms with van der Waals surface area (Å²) in [7, 11) is 1.61. The predicted molar refractivity (Wildman–Crippen MR) is 67.6 cm³/mol. The van der Waals surface area contributed by atoms with E-state index in [-0.39, 0.29) is 6.61 Å². The molecule has 1 rings (SSSR count). The lowest BCUT2D eigenvalue weighted by molar-refractivity contribution is 0.286. The summed E-state index contributed by atoms with van der Waals surface area (Å²) in [4.78, 5) is 0. The van der Waals surface area contributed by atoms with Gasteiger partial charge in [-0.2, -0.15) is 0 Å². The highest BCUT2D eigenvalue weighted by Crippen LogP contribution is 2.30. The number of unbranched alkanes of at least 4 members (excludes halogenated alkanes) is 1. The van der Waals surface area contributed by atoms with Crippen LogP contribution in [0, 0.1) is 6.92 Å². The van der Waals surface area contributed by atoms with E-state index in [2.05, 4.69) is 5.32 Å². The second-order valence-corrected chi connectivity index (χ2v) is 4.07. The lowest BCUT2D eigenvalue weighted by Crippen LogP contribution is -2.04. The van der Waals surface area contributed by atoms with E-state index in [0.29, 0.717) is 10.8 Å². The van der Waals surface area contributed by atoms with Crippen LogP contribution in [0.15, 0.2) is 12.1 Å². The van der Waals surface area contributed by atoms with Gasteiger partial charge in [0.05, 0.1) is 12.1 Å². The second-order valence-electron chi connectivity index (χ2n) is 3.66. The predicted octanol–water partition coefficient (Wildman–Crippen LogP) is 2.84. The van der Waals surface area contributed by atoms with E-state index < -0.39 is 0 Å². The average molecular weight is 244 g/mol. The summed E-state index contributed by atoms with van der Waals surface area (Å²) in [6.07, 6.45) is 1.76. The summed E-state index contributed by atoms with van der Waals surface area (Å²) in [5, 5.41) is 12.6. The molecule has 16 heavy (non-hydrogen) atoms. The third-order valence-corrected chi connectivity index (χ3v) is 2.69. The molecule has 2 N–H and O–H groups in total. The van der Waals surface area contributed by atoms with Crippen LogP contribution in [0.2, 0.25) is 5.02 Å². The summed E-state index contributed by atoms with van der Waals surface area (Å²) in [6.45, 7) is 3.08. The van der Waals surface area contributed by atoms with Gasteiger partial charge in [0, 0.05) is 18.8 Å². The molecule has 0 saturated heterocycles. The van der Waals surface area contributed by atoms with Crippen molar-refractivity contribution in [1.82, 2.24) is 0 Å². The number of aliphatic hydroxyl groups excluding tert-OH is 1. The number of hydrogen-bond acceptors (Lipinski definition) is 3. The second kappa shape index (κ2) is 6.61. The van der Waals surface area contributed by atoms with Gasteiger partial charge in [-0.3, -0.25) is 0 Å². The van der Waals surface area contributed by atoms with Gasteiger partial charge in [-0.1, -0.05) is 11.6 Å². The number of rotatable bonds is 6. The van der Waals surface area contributed by atoms with Crippen LogP contribution in [-0.4, -0.2) is 25.4 Å². The highest BCUT2D eigenvalue weighted by atomic mass is 35.5. The normalized spacial score (nSPS) is 10.2. The highest BCUT2D eigenvalue weighted by molar-refractivity contribution is 6.32. The van der Waals surface area contributed by atoms with E-state index >= 15 is 0 Å². The van der Waals surface area contributed by atoms with Crippen molar-refractivity contribution in [3.63, 3.8) is 0 Å². The SMILES string of the molecule is COc1cc(C)c(NCCCCO)cc1Cl. The Kier molecular flexibility index (Phi) is 5.43. The van der Waals surface area contributed by atoms with Crippen LogP contribution in [0.1, 0.15) is 18.4 Å². The zero-order valence-electron chi connectivity index (χ0n) is 9.72. The standard InChI is InChI=1S/C12H18ClNO2/c1-9-7-12(16-2)10(13)8-11(9)14-5-3-4-6-15/h7-8,14-15H,3-6H2,1-2H3. The number of aliphatic hydroxyl groups is 1. The van der Waals surface area contributed by atoms with Crippen LogP contribution in [0.4, 0.5) is 5.69 Å². The Balaban J connectivity index is 2.63. The Hall–Kier alpha value is -0.930. The van der Waals surface area contributed by atoms with Crippen LogP contribution in [0.3, 0.4) is 0 Å². The summed E-state index contributed by atoms with van der Waals surface area (Å²) in [5.74, 6) is 0.695. The molecule has 0 radical (unpaired) electrons. The zero-order chi connectivity index (χ0) is 12.0. The number of anilines is 1. The molecular weight excluding hydrogens is 226 g/mol. The Morgan fingerprint density at radius 2 is 2.12 bits per heavy atom. The van der Waals surface area contributed by atoms with Crippen LogP contribution in [0.25, 0.3) is 0 Å². The van der Waals surface area contributed by atoms with Crippen LogP contribution < -0.4 is 10.1 Å². The Labute approximate surface area is 101 Å². The minimum absolute atomic E-state index is 0.240. The molecule has 0 amide bonds. The fourth-order valence-corrected chi connectivity index (χ4v) is 1.70. The fourth-order valence-electron chi connectivity index (χ4n) is 1.46. The van der Waals surface area contributed by atoms with Crippen molar-refractivity contribution in [2.75, 3.05) is 25.6 Å². The Morgan fingerprint density at radius 1 is 1.38 bits per heavy atom. The lowest BCUT2D eigenvalue weighted by atomic mass is 10.2. The highest BCUT2D eigenvalue weighted by Gasteiger charge is 2.05. The van der Waals surface area contributed by atoms with Gasteiger partial charge in [-0.05, 0) is 37.5 Å². The molecule has 0 unspecified atom stereocenters. The van der Waals surface area contributed by atoms with Crippen LogP contribution in [-0.2, 0) is 0 Å². The van der Waals surface area contributed by atoms with Crippen molar-refractivity contribution in [3.05, 3.63) is 22.7 Å². The molecule has 0 fully saturated rings. The molecule has 1 aromatic rings. The van der Waals surface area contributed by atoms with Gasteiger partial charge in [0.2, 0.25) is 0 Å². The molecule has 0 bridgehead atoms. The molecule has 0 spiro atoms. The third kappa shape index (κ3) is 3.58. The summed E-state index contributed by atoms with van der Waals surface area (Å²) < 4.78 is 5.13. The van der Waals surface area contributed by atoms with E-state index in [1.54, 1.807) is 7.11 Å². The van der Waals surface area contributed by atoms with Gasteiger partial charge in [-0.25, -0.2) is 0 Å². The summed E-state index contributed by atoms with van der Waals surface area (Å²) >= 11 is 6.04. The quantitative estimate of drug-likeness (QED) is 0.755. The van der Waals surface area contributed by atoms with E-state index in [0.717, 1.165) is 30.6 Å². The minimum Gasteiger partial charge on any atom is -0.495 e. The fraction of sp³-hybridized carbons (Fsp3) is 0.500. The van der Waals surface area contributed by atoms with Crippen LogP contribution in [0.5, 0.6) is 5.75 Å². The maximum Gasteiger partial charge on any atom is 0.137 e. The zero-order valence-corrected chi connectivity index (χ0v) is 10.5. The van der Waals surface area contributed by atoms with Crippen molar-refractivity contribution in [2.45, 2.75) is 19.8 Å². The number of nitrogens with one attached hydrogen (secondary N) is 1. The smallest absolute Gasteiger partial charge is 0.137 e. The molecule has 0 aliphatic rings. The number of ether oxygens (including phenoxy) is 1. The summed E-state index contributed by atoms with van der Waals surface area (Å²) in [5.41, 5.74) is 2.12. The number of hydrogen-bond donors (Lipinski definition) is 2. The Morgan fingerprint density at radius 3 is 2.75 bits per heavy atom. The first-order valence-electron chi connectivity index (χ1n) is 5.38. The topological polar surface area (TPSA) is 41.5 Å². The molecular formula is C12H18ClNO2. The first kappa shape index (κ1) is 13.1. The monoisotopic (exact) mass is 243 g/mol. The van der Waals surface area contributed by atoms with Gasteiger partial charge in [0.1, 0.15) is 5.75 Å². The molecule has 4 heteroatoms.